The molecule has 1 aromatic carbocycles. The second kappa shape index (κ2) is 5.94. The summed E-state index contributed by atoms with van der Waals surface area (Å²) >= 11 is 0. The summed E-state index contributed by atoms with van der Waals surface area (Å²) in [5, 5.41) is 0. The van der Waals surface area contributed by atoms with Gasteiger partial charge in [-0.1, -0.05) is 18.2 Å². The molecule has 2 N–H and O–H groups in total. The van der Waals surface area contributed by atoms with Crippen LogP contribution in [0.15, 0.2) is 18.2 Å². The van der Waals surface area contributed by atoms with Gasteiger partial charge in [0.2, 0.25) is 5.91 Å². The van der Waals surface area contributed by atoms with Crippen molar-refractivity contribution >= 4 is 5.91 Å². The van der Waals surface area contributed by atoms with Crippen LogP contribution in [0.1, 0.15) is 29.0 Å². The van der Waals surface area contributed by atoms with Gasteiger partial charge >= 0.3 is 0 Å². The average Bonchev–Trinajstić information content (AvgIpc) is 2.47. The van der Waals surface area contributed by atoms with Crippen LogP contribution in [0.2, 0.25) is 0 Å². The Labute approximate surface area is 119 Å². The predicted molar refractivity (Wildman–Crippen MR) is 76.0 cm³/mol. The number of primary amides is 1. The first-order valence-corrected chi connectivity index (χ1v) is 7.18. The zero-order valence-electron chi connectivity index (χ0n) is 11.6. The predicted octanol–water partition coefficient (Wildman–Crippen LogP) is 1.12. The first-order chi connectivity index (χ1) is 9.74. The second-order valence-electron chi connectivity index (χ2n) is 5.46. The van der Waals surface area contributed by atoms with Gasteiger partial charge in [-0.3, -0.25) is 9.69 Å². The van der Waals surface area contributed by atoms with Crippen molar-refractivity contribution in [3.8, 4) is 0 Å². The van der Waals surface area contributed by atoms with Gasteiger partial charge in [-0.05, 0) is 29.5 Å². The summed E-state index contributed by atoms with van der Waals surface area (Å²) in [5.41, 5.74) is 9.03. The van der Waals surface area contributed by atoms with E-state index in [1.54, 1.807) is 0 Å². The van der Waals surface area contributed by atoms with E-state index >= 15 is 0 Å². The number of carbonyl (C=O) groups excluding carboxylic acids is 1. The molecule has 1 saturated heterocycles. The number of nitrogens with two attached hydrogens (primary N) is 1. The first-order valence-electron chi connectivity index (χ1n) is 7.18. The van der Waals surface area contributed by atoms with Gasteiger partial charge in [0.15, 0.2) is 0 Å². The van der Waals surface area contributed by atoms with Gasteiger partial charge in [-0.2, -0.15) is 0 Å². The van der Waals surface area contributed by atoms with E-state index in [1.807, 2.05) is 6.07 Å². The van der Waals surface area contributed by atoms with Gasteiger partial charge in [0, 0.05) is 26.1 Å². The normalized spacial score (nSPS) is 23.3. The molecule has 1 heterocycles. The Bertz CT molecular complexity index is 495. The number of aryl methyl sites for hydroxylation is 1. The fourth-order valence-corrected chi connectivity index (χ4v) is 2.99. The fourth-order valence-electron chi connectivity index (χ4n) is 2.99. The van der Waals surface area contributed by atoms with E-state index in [1.165, 1.54) is 11.1 Å². The number of rotatable bonds is 3. The maximum atomic E-state index is 11.5. The Kier molecular flexibility index (Phi) is 4.03. The third-order valence-electron chi connectivity index (χ3n) is 4.06. The quantitative estimate of drug-likeness (QED) is 0.897. The maximum absolute atomic E-state index is 11.5. The highest BCUT2D eigenvalue weighted by molar-refractivity contribution is 5.84. The lowest BCUT2D eigenvalue weighted by Gasteiger charge is -2.28. The van der Waals surface area contributed by atoms with E-state index < -0.39 is 0 Å². The molecule has 0 bridgehead atoms. The molecule has 0 saturated carbocycles. The molecule has 0 spiro atoms. The van der Waals surface area contributed by atoms with Crippen LogP contribution in [-0.4, -0.2) is 37.1 Å². The van der Waals surface area contributed by atoms with Crippen LogP contribution in [0.25, 0.3) is 0 Å². The standard InChI is InChI=1S/C16H20N2O2/c17-16(19)15-3-1-2-13-10-12(4-5-14(13)15)11-18-6-8-20-9-7-18/h4-5,10,15H,1-2,6-9,11H2,(H2,17,19). The number of amides is 1. The van der Waals surface area contributed by atoms with E-state index in [0.717, 1.165) is 51.3 Å². The molecule has 3 rings (SSSR count). The molecule has 106 valence electrons. The summed E-state index contributed by atoms with van der Waals surface area (Å²) in [7, 11) is 0. The Morgan fingerprint density at radius 2 is 2.20 bits per heavy atom. The molecule has 20 heavy (non-hydrogen) atoms. The van der Waals surface area contributed by atoms with E-state index in [2.05, 4.69) is 23.5 Å². The third-order valence-corrected chi connectivity index (χ3v) is 4.06. The highest BCUT2D eigenvalue weighted by Gasteiger charge is 2.25. The minimum absolute atomic E-state index is 0.299. The number of morpholine rings is 1. The Morgan fingerprint density at radius 3 is 2.95 bits per heavy atom. The Hall–Kier alpha value is -1.39. The number of benzene rings is 1. The summed E-state index contributed by atoms with van der Waals surface area (Å²) in [6, 6.07) is 6.38. The van der Waals surface area contributed by atoms with Crippen LogP contribution in [0.4, 0.5) is 0 Å². The van der Waals surface area contributed by atoms with Crippen LogP contribution in [-0.2, 0) is 22.5 Å². The zero-order chi connectivity index (χ0) is 13.9. The number of hydrogen-bond donors (Lipinski definition) is 1. The van der Waals surface area contributed by atoms with Gasteiger partial charge in [-0.15, -0.1) is 0 Å². The summed E-state index contributed by atoms with van der Waals surface area (Å²) in [6.07, 6.45) is 4.94. The number of fused-ring (bicyclic) bond motifs is 1. The molecule has 2 aliphatic rings. The smallest absolute Gasteiger partial charge is 0.225 e. The Balaban J connectivity index is 1.76. The highest BCUT2D eigenvalue weighted by Crippen LogP contribution is 2.31. The van der Waals surface area contributed by atoms with Crippen LogP contribution in [0.3, 0.4) is 0 Å². The van der Waals surface area contributed by atoms with Crippen LogP contribution in [0.5, 0.6) is 0 Å². The van der Waals surface area contributed by atoms with Gasteiger partial charge in [0.05, 0.1) is 19.1 Å². The molecular weight excluding hydrogens is 252 g/mol. The molecule has 0 aromatic heterocycles. The molecular formula is C16H20N2O2. The maximum Gasteiger partial charge on any atom is 0.225 e. The van der Waals surface area contributed by atoms with Crippen LogP contribution in [0, 0.1) is 6.42 Å². The number of carbonyl (C=O) groups is 1. The molecule has 2 radical (unpaired) electrons. The van der Waals surface area contributed by atoms with Crippen molar-refractivity contribution in [2.45, 2.75) is 25.3 Å². The van der Waals surface area contributed by atoms with Crippen LogP contribution < -0.4 is 5.73 Å². The summed E-state index contributed by atoms with van der Waals surface area (Å²) in [4.78, 5) is 13.9. The largest absolute Gasteiger partial charge is 0.379 e. The summed E-state index contributed by atoms with van der Waals surface area (Å²) in [5.74, 6) is -0.636. The molecule has 4 nitrogen and oxygen atoms in total. The summed E-state index contributed by atoms with van der Waals surface area (Å²) in [6.45, 7) is 4.56. The second-order valence-corrected chi connectivity index (χ2v) is 5.46. The van der Waals surface area contributed by atoms with Crippen molar-refractivity contribution in [3.63, 3.8) is 0 Å². The summed E-state index contributed by atoms with van der Waals surface area (Å²) < 4.78 is 5.37. The van der Waals surface area contributed by atoms with Gasteiger partial charge < -0.3 is 10.5 Å². The molecule has 1 fully saturated rings. The van der Waals surface area contributed by atoms with Gasteiger partial charge in [0.25, 0.3) is 0 Å². The van der Waals surface area contributed by atoms with Crippen LogP contribution >= 0.6 is 0 Å². The fraction of sp³-hybridized carbons (Fsp3) is 0.500. The third kappa shape index (κ3) is 2.86. The molecule has 1 aliphatic carbocycles. The van der Waals surface area contributed by atoms with E-state index in [4.69, 9.17) is 10.5 Å². The lowest BCUT2D eigenvalue weighted by Crippen LogP contribution is -2.35. The Morgan fingerprint density at radius 1 is 1.40 bits per heavy atom. The lowest BCUT2D eigenvalue weighted by atomic mass is 9.81. The minimum Gasteiger partial charge on any atom is -0.379 e. The number of nitrogens with zero attached hydrogens (tertiary/aromatic N) is 1. The average molecular weight is 272 g/mol. The molecule has 1 unspecified atom stereocenters. The molecule has 4 heteroatoms. The van der Waals surface area contributed by atoms with Crippen molar-refractivity contribution in [3.05, 3.63) is 41.3 Å². The molecule has 1 aliphatic heterocycles. The highest BCUT2D eigenvalue weighted by atomic mass is 16.5. The number of ether oxygens (including phenoxy) is 1. The minimum atomic E-state index is -0.337. The lowest BCUT2D eigenvalue weighted by molar-refractivity contribution is -0.118. The molecule has 1 atom stereocenters. The van der Waals surface area contributed by atoms with Gasteiger partial charge in [-0.25, -0.2) is 0 Å². The van der Waals surface area contributed by atoms with Crippen molar-refractivity contribution < 1.29 is 9.53 Å². The topological polar surface area (TPSA) is 55.6 Å². The molecule has 1 amide bonds. The zero-order valence-corrected chi connectivity index (χ0v) is 11.6. The SMILES string of the molecule is NC(=O)C1[C]CCc2cc(CN3CCOCC3)ccc21. The van der Waals surface area contributed by atoms with E-state index in [9.17, 15) is 4.79 Å². The van der Waals surface area contributed by atoms with Crippen molar-refractivity contribution in [2.24, 2.45) is 5.73 Å². The van der Waals surface area contributed by atoms with Crippen molar-refractivity contribution in [1.82, 2.24) is 4.90 Å². The number of hydrogen-bond acceptors (Lipinski definition) is 3. The van der Waals surface area contributed by atoms with Crippen molar-refractivity contribution in [2.75, 3.05) is 26.3 Å². The van der Waals surface area contributed by atoms with E-state index in [0.29, 0.717) is 0 Å². The molecule has 1 aromatic rings. The van der Waals surface area contributed by atoms with Crippen molar-refractivity contribution in [1.29, 1.82) is 0 Å². The first kappa shape index (κ1) is 13.6. The monoisotopic (exact) mass is 272 g/mol. The van der Waals surface area contributed by atoms with Gasteiger partial charge in [0.1, 0.15) is 0 Å². The van der Waals surface area contributed by atoms with E-state index in [-0.39, 0.29) is 11.8 Å².